The van der Waals surface area contributed by atoms with Gasteiger partial charge in [-0.1, -0.05) is 25.1 Å². The van der Waals surface area contributed by atoms with Gasteiger partial charge in [-0.15, -0.1) is 0 Å². The van der Waals surface area contributed by atoms with Crippen molar-refractivity contribution in [3.63, 3.8) is 0 Å². The molecule has 0 bridgehead atoms. The molecule has 0 aliphatic carbocycles. The molecule has 3 aromatic rings. The van der Waals surface area contributed by atoms with Gasteiger partial charge in [-0.2, -0.15) is 0 Å². The van der Waals surface area contributed by atoms with Crippen molar-refractivity contribution < 1.29 is 14.3 Å². The second-order valence-corrected chi connectivity index (χ2v) is 6.59. The summed E-state index contributed by atoms with van der Waals surface area (Å²) < 4.78 is 11.6. The number of hydrogen-bond acceptors (Lipinski definition) is 5. The summed E-state index contributed by atoms with van der Waals surface area (Å²) in [5.41, 5.74) is 0.961. The number of rotatable bonds is 5. The second-order valence-electron chi connectivity index (χ2n) is 6.59. The SMILES string of the molecule is CCc1ccc(NC(=O)c2c[nH]c(=O)n(Cc3ccc4c(c3)OCO4)c2=O)cc1. The van der Waals surface area contributed by atoms with Crippen LogP contribution >= 0.6 is 0 Å². The minimum absolute atomic E-state index is 0.00285. The summed E-state index contributed by atoms with van der Waals surface area (Å²) in [7, 11) is 0. The highest BCUT2D eigenvalue weighted by Gasteiger charge is 2.17. The zero-order valence-corrected chi connectivity index (χ0v) is 15.7. The summed E-state index contributed by atoms with van der Waals surface area (Å²) in [5.74, 6) is 0.573. The van der Waals surface area contributed by atoms with E-state index in [1.807, 2.05) is 19.1 Å². The minimum Gasteiger partial charge on any atom is -0.454 e. The van der Waals surface area contributed by atoms with Gasteiger partial charge >= 0.3 is 5.69 Å². The van der Waals surface area contributed by atoms with Crippen LogP contribution in [0.4, 0.5) is 5.69 Å². The van der Waals surface area contributed by atoms with Crippen LogP contribution in [0.15, 0.2) is 58.3 Å². The van der Waals surface area contributed by atoms with Gasteiger partial charge in [-0.25, -0.2) is 4.79 Å². The summed E-state index contributed by atoms with van der Waals surface area (Å²) in [4.78, 5) is 40.0. The van der Waals surface area contributed by atoms with E-state index in [0.29, 0.717) is 22.7 Å². The first-order valence-electron chi connectivity index (χ1n) is 9.16. The highest BCUT2D eigenvalue weighted by Crippen LogP contribution is 2.32. The average molecular weight is 393 g/mol. The maximum Gasteiger partial charge on any atom is 0.328 e. The van der Waals surface area contributed by atoms with Crippen molar-refractivity contribution in [2.45, 2.75) is 19.9 Å². The quantitative estimate of drug-likeness (QED) is 0.691. The van der Waals surface area contributed by atoms with Crippen molar-refractivity contribution >= 4 is 11.6 Å². The number of nitrogens with zero attached hydrogens (tertiary/aromatic N) is 1. The minimum atomic E-state index is -0.672. The monoisotopic (exact) mass is 393 g/mol. The van der Waals surface area contributed by atoms with Crippen LogP contribution in [0.5, 0.6) is 11.5 Å². The number of nitrogens with one attached hydrogen (secondary N) is 2. The average Bonchev–Trinajstić information content (AvgIpc) is 3.19. The van der Waals surface area contributed by atoms with Gasteiger partial charge < -0.3 is 19.8 Å². The van der Waals surface area contributed by atoms with Crippen LogP contribution in [0.2, 0.25) is 0 Å². The van der Waals surface area contributed by atoms with E-state index in [2.05, 4.69) is 10.3 Å². The molecule has 4 rings (SSSR count). The van der Waals surface area contributed by atoms with E-state index in [4.69, 9.17) is 9.47 Å². The number of H-pyrrole nitrogens is 1. The number of aromatic amines is 1. The maximum atomic E-state index is 12.8. The number of ether oxygens (including phenoxy) is 2. The zero-order valence-electron chi connectivity index (χ0n) is 15.7. The van der Waals surface area contributed by atoms with Crippen molar-refractivity contribution in [2.75, 3.05) is 12.1 Å². The fraction of sp³-hybridized carbons (Fsp3) is 0.190. The first-order chi connectivity index (χ1) is 14.0. The molecule has 1 aliphatic heterocycles. The molecule has 1 amide bonds. The molecular weight excluding hydrogens is 374 g/mol. The van der Waals surface area contributed by atoms with E-state index in [9.17, 15) is 14.4 Å². The number of fused-ring (bicyclic) bond motifs is 1. The first kappa shape index (κ1) is 18.5. The third kappa shape index (κ3) is 3.77. The molecule has 0 saturated carbocycles. The summed E-state index contributed by atoms with van der Waals surface area (Å²) in [5, 5.41) is 2.68. The van der Waals surface area contributed by atoms with Crippen LogP contribution in [0.3, 0.4) is 0 Å². The van der Waals surface area contributed by atoms with Gasteiger partial charge in [0.05, 0.1) is 6.54 Å². The first-order valence-corrected chi connectivity index (χ1v) is 9.16. The number of amides is 1. The molecule has 29 heavy (non-hydrogen) atoms. The molecule has 0 fully saturated rings. The fourth-order valence-corrected chi connectivity index (χ4v) is 3.06. The Morgan fingerprint density at radius 2 is 1.79 bits per heavy atom. The van der Waals surface area contributed by atoms with Crippen molar-refractivity contribution in [3.05, 3.63) is 86.2 Å². The fourth-order valence-electron chi connectivity index (χ4n) is 3.06. The van der Waals surface area contributed by atoms with Gasteiger partial charge in [0.2, 0.25) is 6.79 Å². The molecule has 0 spiro atoms. The lowest BCUT2D eigenvalue weighted by Crippen LogP contribution is -2.39. The van der Waals surface area contributed by atoms with E-state index in [1.54, 1.807) is 30.3 Å². The Labute approximate surface area is 165 Å². The number of anilines is 1. The van der Waals surface area contributed by atoms with Crippen molar-refractivity contribution in [1.29, 1.82) is 0 Å². The molecule has 2 heterocycles. The molecule has 0 saturated heterocycles. The van der Waals surface area contributed by atoms with Crippen LogP contribution in [0, 0.1) is 0 Å². The number of benzene rings is 2. The summed E-state index contributed by atoms with van der Waals surface area (Å²) in [6.45, 7) is 2.17. The molecule has 0 unspecified atom stereocenters. The highest BCUT2D eigenvalue weighted by atomic mass is 16.7. The van der Waals surface area contributed by atoms with Gasteiger partial charge in [0.1, 0.15) is 5.56 Å². The molecule has 8 nitrogen and oxygen atoms in total. The Morgan fingerprint density at radius 1 is 1.07 bits per heavy atom. The summed E-state index contributed by atoms with van der Waals surface area (Å²) in [6, 6.07) is 12.5. The number of aromatic nitrogens is 2. The predicted molar refractivity (Wildman–Crippen MR) is 107 cm³/mol. The molecular formula is C21H19N3O5. The van der Waals surface area contributed by atoms with Gasteiger partial charge in [-0.3, -0.25) is 14.2 Å². The number of hydrogen-bond donors (Lipinski definition) is 2. The summed E-state index contributed by atoms with van der Waals surface area (Å²) >= 11 is 0. The second kappa shape index (κ2) is 7.67. The molecule has 0 atom stereocenters. The van der Waals surface area contributed by atoms with Crippen LogP contribution in [-0.2, 0) is 13.0 Å². The molecule has 0 radical (unpaired) electrons. The molecule has 2 N–H and O–H groups in total. The number of carbonyl (C=O) groups is 1. The summed E-state index contributed by atoms with van der Waals surface area (Å²) in [6.07, 6.45) is 2.02. The lowest BCUT2D eigenvalue weighted by Gasteiger charge is -2.09. The molecule has 1 aromatic heterocycles. The molecule has 148 valence electrons. The Bertz CT molecular complexity index is 1180. The van der Waals surface area contributed by atoms with E-state index in [-0.39, 0.29) is 18.9 Å². The lowest BCUT2D eigenvalue weighted by atomic mass is 10.1. The van der Waals surface area contributed by atoms with Crippen LogP contribution < -0.4 is 26.0 Å². The van der Waals surface area contributed by atoms with Crippen molar-refractivity contribution in [1.82, 2.24) is 9.55 Å². The van der Waals surface area contributed by atoms with Gasteiger partial charge in [-0.05, 0) is 41.8 Å². The van der Waals surface area contributed by atoms with Crippen molar-refractivity contribution in [3.8, 4) is 11.5 Å². The van der Waals surface area contributed by atoms with Gasteiger partial charge in [0.25, 0.3) is 11.5 Å². The number of carbonyl (C=O) groups excluding carboxylic acids is 1. The Kier molecular flexibility index (Phi) is 4.90. The Hall–Kier alpha value is -3.81. The van der Waals surface area contributed by atoms with E-state index >= 15 is 0 Å². The van der Waals surface area contributed by atoms with Gasteiger partial charge in [0.15, 0.2) is 11.5 Å². The normalized spacial score (nSPS) is 12.0. The van der Waals surface area contributed by atoms with E-state index < -0.39 is 17.2 Å². The van der Waals surface area contributed by atoms with Crippen LogP contribution in [0.25, 0.3) is 0 Å². The number of aryl methyl sites for hydroxylation is 1. The van der Waals surface area contributed by atoms with E-state index in [1.165, 1.54) is 0 Å². The highest BCUT2D eigenvalue weighted by molar-refractivity contribution is 6.03. The Morgan fingerprint density at radius 3 is 2.55 bits per heavy atom. The third-order valence-corrected chi connectivity index (χ3v) is 4.70. The third-order valence-electron chi connectivity index (χ3n) is 4.70. The van der Waals surface area contributed by atoms with Crippen LogP contribution in [-0.4, -0.2) is 22.3 Å². The van der Waals surface area contributed by atoms with Crippen molar-refractivity contribution in [2.24, 2.45) is 0 Å². The predicted octanol–water partition coefficient (Wildman–Crippen LogP) is 2.13. The largest absolute Gasteiger partial charge is 0.454 e. The topological polar surface area (TPSA) is 102 Å². The molecule has 1 aliphatic rings. The standard InChI is InChI=1S/C21H19N3O5/c1-2-13-3-6-15(7-4-13)23-19(25)16-10-22-21(27)24(20(16)26)11-14-5-8-17-18(9-14)29-12-28-17/h3-10H,2,11-12H2,1H3,(H,22,27)(H,23,25). The maximum absolute atomic E-state index is 12.8. The van der Waals surface area contributed by atoms with E-state index in [0.717, 1.165) is 22.7 Å². The molecule has 8 heteroatoms. The smallest absolute Gasteiger partial charge is 0.328 e. The van der Waals surface area contributed by atoms with Gasteiger partial charge in [0, 0.05) is 11.9 Å². The van der Waals surface area contributed by atoms with Crippen LogP contribution in [0.1, 0.15) is 28.4 Å². The Balaban J connectivity index is 1.59. The molecule has 2 aromatic carbocycles. The lowest BCUT2D eigenvalue weighted by molar-refractivity contribution is 0.102. The zero-order chi connectivity index (χ0) is 20.4.